The number of benzene rings is 2. The summed E-state index contributed by atoms with van der Waals surface area (Å²) in [5.74, 6) is -1.08. The molecule has 1 atom stereocenters. The van der Waals surface area contributed by atoms with Crippen molar-refractivity contribution in [1.29, 1.82) is 0 Å². The van der Waals surface area contributed by atoms with E-state index in [1.54, 1.807) is 12.1 Å². The molecule has 0 saturated carbocycles. The summed E-state index contributed by atoms with van der Waals surface area (Å²) in [5.41, 5.74) is 2.49. The summed E-state index contributed by atoms with van der Waals surface area (Å²) in [6.45, 7) is 3.90. The highest BCUT2D eigenvalue weighted by molar-refractivity contribution is 6.40. The van der Waals surface area contributed by atoms with E-state index in [1.165, 1.54) is 18.7 Å². The van der Waals surface area contributed by atoms with Crippen LogP contribution in [0.15, 0.2) is 42.5 Å². The van der Waals surface area contributed by atoms with E-state index in [9.17, 15) is 9.59 Å². The van der Waals surface area contributed by atoms with Crippen LogP contribution in [0.3, 0.4) is 0 Å². The van der Waals surface area contributed by atoms with E-state index in [4.69, 9.17) is 16.3 Å². The van der Waals surface area contributed by atoms with Crippen LogP contribution in [0.2, 0.25) is 5.02 Å². The van der Waals surface area contributed by atoms with Gasteiger partial charge in [-0.25, -0.2) is 0 Å². The molecule has 0 aliphatic carbocycles. The van der Waals surface area contributed by atoms with Crippen molar-refractivity contribution in [3.05, 3.63) is 58.6 Å². The van der Waals surface area contributed by atoms with Gasteiger partial charge in [0.05, 0.1) is 18.8 Å². The maximum atomic E-state index is 12.1. The molecule has 0 spiro atoms. The van der Waals surface area contributed by atoms with Crippen LogP contribution < -0.4 is 15.4 Å². The van der Waals surface area contributed by atoms with Crippen LogP contribution in [0.25, 0.3) is 0 Å². The second kappa shape index (κ2) is 8.53. The highest BCUT2D eigenvalue weighted by Crippen LogP contribution is 2.27. The van der Waals surface area contributed by atoms with Crippen molar-refractivity contribution in [2.75, 3.05) is 12.4 Å². The fourth-order valence-electron chi connectivity index (χ4n) is 2.34. The van der Waals surface area contributed by atoms with E-state index in [2.05, 4.69) is 17.6 Å². The van der Waals surface area contributed by atoms with Gasteiger partial charge < -0.3 is 15.4 Å². The van der Waals surface area contributed by atoms with E-state index >= 15 is 0 Å². The van der Waals surface area contributed by atoms with Crippen LogP contribution in [0.4, 0.5) is 5.69 Å². The van der Waals surface area contributed by atoms with Crippen molar-refractivity contribution in [2.24, 2.45) is 0 Å². The van der Waals surface area contributed by atoms with Crippen LogP contribution in [-0.2, 0) is 16.0 Å². The lowest BCUT2D eigenvalue weighted by atomic mass is 10.1. The van der Waals surface area contributed by atoms with Gasteiger partial charge in [-0.2, -0.15) is 0 Å². The number of methoxy groups -OCH3 is 1. The molecule has 0 heterocycles. The first-order valence-corrected chi connectivity index (χ1v) is 8.36. The Bertz CT molecular complexity index is 760. The number of rotatable bonds is 5. The molecule has 5 nitrogen and oxygen atoms in total. The molecule has 0 fully saturated rings. The molecule has 0 aliphatic rings. The fraction of sp³-hybridized carbons (Fsp3) is 0.263. The molecule has 2 rings (SSSR count). The van der Waals surface area contributed by atoms with Crippen LogP contribution in [0.1, 0.15) is 31.0 Å². The number of carbonyl (C=O) groups excluding carboxylic acids is 2. The highest BCUT2D eigenvalue weighted by Gasteiger charge is 2.18. The first kappa shape index (κ1) is 18.8. The smallest absolute Gasteiger partial charge is 0.313 e. The number of ether oxygens (including phenoxy) is 1. The van der Waals surface area contributed by atoms with Crippen molar-refractivity contribution in [3.8, 4) is 5.75 Å². The molecule has 2 N–H and O–H groups in total. The minimum absolute atomic E-state index is 0.287. The Balaban J connectivity index is 2.02. The molecule has 25 heavy (non-hydrogen) atoms. The number of amides is 2. The molecular weight excluding hydrogens is 340 g/mol. The standard InChI is InChI=1S/C19H21ClN2O3/c1-4-13-5-7-14(8-6-13)12(2)21-18(23)19(24)22-16-11-15(20)9-10-17(16)25-3/h5-12H,4H2,1-3H3,(H,21,23)(H,22,24). The van der Waals surface area contributed by atoms with Crippen LogP contribution in [0.5, 0.6) is 5.75 Å². The van der Waals surface area contributed by atoms with Crippen molar-refractivity contribution in [2.45, 2.75) is 26.3 Å². The Morgan fingerprint density at radius 2 is 1.80 bits per heavy atom. The van der Waals surface area contributed by atoms with E-state index in [0.29, 0.717) is 16.5 Å². The molecular formula is C19H21ClN2O3. The van der Waals surface area contributed by atoms with Gasteiger partial charge in [0.2, 0.25) is 0 Å². The summed E-state index contributed by atoms with van der Waals surface area (Å²) < 4.78 is 5.15. The molecule has 0 radical (unpaired) electrons. The quantitative estimate of drug-likeness (QED) is 0.798. The van der Waals surface area contributed by atoms with E-state index in [1.807, 2.05) is 31.2 Å². The third-order valence-electron chi connectivity index (χ3n) is 3.85. The monoisotopic (exact) mass is 360 g/mol. The number of carbonyl (C=O) groups is 2. The lowest BCUT2D eigenvalue weighted by molar-refractivity contribution is -0.136. The summed E-state index contributed by atoms with van der Waals surface area (Å²) in [4.78, 5) is 24.3. The van der Waals surface area contributed by atoms with Gasteiger partial charge in [0.15, 0.2) is 0 Å². The maximum absolute atomic E-state index is 12.1. The molecule has 2 aromatic carbocycles. The summed E-state index contributed by atoms with van der Waals surface area (Å²) in [5, 5.41) is 5.63. The van der Waals surface area contributed by atoms with Gasteiger partial charge in [-0.05, 0) is 42.7 Å². The van der Waals surface area contributed by atoms with Crippen molar-refractivity contribution < 1.29 is 14.3 Å². The topological polar surface area (TPSA) is 67.4 Å². The molecule has 2 aromatic rings. The number of aryl methyl sites for hydroxylation is 1. The predicted molar refractivity (Wildman–Crippen MR) is 99.0 cm³/mol. The lowest BCUT2D eigenvalue weighted by Gasteiger charge is -2.15. The Morgan fingerprint density at radius 1 is 1.12 bits per heavy atom. The second-order valence-electron chi connectivity index (χ2n) is 5.59. The molecule has 0 bridgehead atoms. The summed E-state index contributed by atoms with van der Waals surface area (Å²) in [7, 11) is 1.47. The molecule has 6 heteroatoms. The van der Waals surface area contributed by atoms with Crippen molar-refractivity contribution in [1.82, 2.24) is 5.32 Å². The van der Waals surface area contributed by atoms with Crippen LogP contribution in [0, 0.1) is 0 Å². The van der Waals surface area contributed by atoms with Crippen LogP contribution in [-0.4, -0.2) is 18.9 Å². The zero-order valence-corrected chi connectivity index (χ0v) is 15.2. The van der Waals surface area contributed by atoms with Crippen molar-refractivity contribution in [3.63, 3.8) is 0 Å². The number of nitrogens with one attached hydrogen (secondary N) is 2. The third-order valence-corrected chi connectivity index (χ3v) is 4.09. The molecule has 2 amide bonds. The maximum Gasteiger partial charge on any atom is 0.313 e. The Hall–Kier alpha value is -2.53. The van der Waals surface area contributed by atoms with E-state index in [0.717, 1.165) is 12.0 Å². The molecule has 0 aromatic heterocycles. The number of anilines is 1. The highest BCUT2D eigenvalue weighted by atomic mass is 35.5. The summed E-state index contributed by atoms with van der Waals surface area (Å²) >= 11 is 5.92. The number of hydrogen-bond donors (Lipinski definition) is 2. The SMILES string of the molecule is CCc1ccc(C(C)NC(=O)C(=O)Nc2cc(Cl)ccc2OC)cc1. The molecule has 0 saturated heterocycles. The van der Waals surface area contributed by atoms with E-state index in [-0.39, 0.29) is 6.04 Å². The summed E-state index contributed by atoms with van der Waals surface area (Å²) in [6, 6.07) is 12.4. The van der Waals surface area contributed by atoms with Gasteiger partial charge in [0.25, 0.3) is 0 Å². The molecule has 0 aliphatic heterocycles. The summed E-state index contributed by atoms with van der Waals surface area (Å²) in [6.07, 6.45) is 0.949. The lowest BCUT2D eigenvalue weighted by Crippen LogP contribution is -2.37. The molecule has 1 unspecified atom stereocenters. The van der Waals surface area contributed by atoms with Gasteiger partial charge in [-0.1, -0.05) is 42.8 Å². The fourth-order valence-corrected chi connectivity index (χ4v) is 2.52. The van der Waals surface area contributed by atoms with Gasteiger partial charge in [-0.3, -0.25) is 9.59 Å². The van der Waals surface area contributed by atoms with E-state index < -0.39 is 11.8 Å². The predicted octanol–water partition coefficient (Wildman–Crippen LogP) is 3.73. The van der Waals surface area contributed by atoms with Gasteiger partial charge in [-0.15, -0.1) is 0 Å². The van der Waals surface area contributed by atoms with Gasteiger partial charge in [0.1, 0.15) is 5.75 Å². The largest absolute Gasteiger partial charge is 0.495 e. The van der Waals surface area contributed by atoms with Crippen molar-refractivity contribution >= 4 is 29.1 Å². The van der Waals surface area contributed by atoms with Crippen LogP contribution >= 0.6 is 11.6 Å². The average Bonchev–Trinajstić information content (AvgIpc) is 2.61. The Morgan fingerprint density at radius 3 is 2.40 bits per heavy atom. The zero-order chi connectivity index (χ0) is 18.4. The van der Waals surface area contributed by atoms with Gasteiger partial charge >= 0.3 is 11.8 Å². The first-order chi connectivity index (χ1) is 11.9. The second-order valence-corrected chi connectivity index (χ2v) is 6.03. The minimum Gasteiger partial charge on any atom is -0.495 e. The average molecular weight is 361 g/mol. The van der Waals surface area contributed by atoms with Gasteiger partial charge in [0, 0.05) is 5.02 Å². The Kier molecular flexibility index (Phi) is 6.42. The number of hydrogen-bond acceptors (Lipinski definition) is 3. The zero-order valence-electron chi connectivity index (χ0n) is 14.4. The third kappa shape index (κ3) is 4.97. The first-order valence-electron chi connectivity index (χ1n) is 7.98. The number of halogens is 1. The normalized spacial score (nSPS) is 11.5. The Labute approximate surface area is 152 Å². The molecule has 132 valence electrons. The minimum atomic E-state index is -0.780.